The van der Waals surface area contributed by atoms with Crippen molar-refractivity contribution in [2.45, 2.75) is 46.5 Å². The predicted octanol–water partition coefficient (Wildman–Crippen LogP) is 4.55. The molecule has 1 nitrogen and oxygen atoms in total. The first-order valence-electron chi connectivity index (χ1n) is 5.93. The molecule has 0 aromatic heterocycles. The zero-order valence-corrected chi connectivity index (χ0v) is 10.7. The maximum absolute atomic E-state index is 9.85. The van der Waals surface area contributed by atoms with E-state index in [-0.39, 0.29) is 0 Å². The fraction of sp³-hybridized carbons (Fsp3) is 0.467. The fourth-order valence-electron chi connectivity index (χ4n) is 1.85. The van der Waals surface area contributed by atoms with Crippen LogP contribution in [-0.4, -0.2) is 5.11 Å². The summed E-state index contributed by atoms with van der Waals surface area (Å²) in [6.07, 6.45) is 4.42. The summed E-state index contributed by atoms with van der Waals surface area (Å²) in [5.74, 6) is 0.848. The molecular weight excluding hydrogens is 196 g/mol. The first kappa shape index (κ1) is 12.8. The SMILES string of the molecule is CC(C)=CCC[C@@H](C)c1ccc(C)cc1O. The van der Waals surface area contributed by atoms with Gasteiger partial charge in [0.05, 0.1) is 0 Å². The highest BCUT2D eigenvalue weighted by atomic mass is 16.3. The molecule has 0 aliphatic rings. The van der Waals surface area contributed by atoms with Crippen molar-refractivity contribution in [2.75, 3.05) is 0 Å². The van der Waals surface area contributed by atoms with E-state index in [0.29, 0.717) is 11.7 Å². The Morgan fingerprint density at radius 3 is 2.62 bits per heavy atom. The van der Waals surface area contributed by atoms with Crippen LogP contribution in [-0.2, 0) is 0 Å². The Balaban J connectivity index is 2.66. The van der Waals surface area contributed by atoms with Crippen LogP contribution >= 0.6 is 0 Å². The molecule has 0 saturated heterocycles. The van der Waals surface area contributed by atoms with E-state index < -0.39 is 0 Å². The van der Waals surface area contributed by atoms with E-state index in [1.807, 2.05) is 19.1 Å². The van der Waals surface area contributed by atoms with Crippen LogP contribution in [0.15, 0.2) is 29.8 Å². The summed E-state index contributed by atoms with van der Waals surface area (Å²) < 4.78 is 0. The molecule has 0 aliphatic heterocycles. The molecule has 1 heteroatoms. The summed E-state index contributed by atoms with van der Waals surface area (Å²) in [6.45, 7) is 8.41. The lowest BCUT2D eigenvalue weighted by atomic mass is 9.94. The number of aromatic hydroxyl groups is 1. The molecular formula is C15H22O. The minimum atomic E-state index is 0.413. The quantitative estimate of drug-likeness (QED) is 0.735. The summed E-state index contributed by atoms with van der Waals surface area (Å²) in [4.78, 5) is 0. The normalized spacial score (nSPS) is 12.2. The van der Waals surface area contributed by atoms with Gasteiger partial charge >= 0.3 is 0 Å². The smallest absolute Gasteiger partial charge is 0.119 e. The second-order valence-corrected chi connectivity index (χ2v) is 4.82. The van der Waals surface area contributed by atoms with Gasteiger partial charge in [-0.3, -0.25) is 0 Å². The van der Waals surface area contributed by atoms with Gasteiger partial charge in [-0.25, -0.2) is 0 Å². The van der Waals surface area contributed by atoms with Crippen LogP contribution in [0.25, 0.3) is 0 Å². The molecule has 0 saturated carbocycles. The van der Waals surface area contributed by atoms with Crippen molar-refractivity contribution in [3.8, 4) is 5.75 Å². The Labute approximate surface area is 98.8 Å². The third-order valence-corrected chi connectivity index (χ3v) is 2.87. The van der Waals surface area contributed by atoms with E-state index in [0.717, 1.165) is 24.0 Å². The van der Waals surface area contributed by atoms with Gasteiger partial charge in [-0.15, -0.1) is 0 Å². The fourth-order valence-corrected chi connectivity index (χ4v) is 1.85. The Bertz CT molecular complexity index is 373. The van der Waals surface area contributed by atoms with Crippen molar-refractivity contribution in [2.24, 2.45) is 0 Å². The maximum atomic E-state index is 9.85. The molecule has 88 valence electrons. The van der Waals surface area contributed by atoms with Crippen molar-refractivity contribution in [1.82, 2.24) is 0 Å². The van der Waals surface area contributed by atoms with E-state index in [1.165, 1.54) is 5.57 Å². The zero-order chi connectivity index (χ0) is 12.1. The molecule has 0 spiro atoms. The van der Waals surface area contributed by atoms with E-state index >= 15 is 0 Å². The molecule has 1 aromatic carbocycles. The molecule has 0 unspecified atom stereocenters. The number of aryl methyl sites for hydroxylation is 1. The molecule has 1 atom stereocenters. The lowest BCUT2D eigenvalue weighted by Crippen LogP contribution is -1.94. The molecule has 1 rings (SSSR count). The summed E-state index contributed by atoms with van der Waals surface area (Å²) in [5.41, 5.74) is 3.53. The van der Waals surface area contributed by atoms with E-state index in [4.69, 9.17) is 0 Å². The van der Waals surface area contributed by atoms with Gasteiger partial charge in [0, 0.05) is 0 Å². The lowest BCUT2D eigenvalue weighted by Gasteiger charge is -2.13. The van der Waals surface area contributed by atoms with Crippen LogP contribution in [0.3, 0.4) is 0 Å². The van der Waals surface area contributed by atoms with Crippen LogP contribution in [0.2, 0.25) is 0 Å². The highest BCUT2D eigenvalue weighted by molar-refractivity contribution is 5.38. The summed E-state index contributed by atoms with van der Waals surface area (Å²) in [6, 6.07) is 5.94. The summed E-state index contributed by atoms with van der Waals surface area (Å²) in [5, 5.41) is 9.85. The third-order valence-electron chi connectivity index (χ3n) is 2.87. The maximum Gasteiger partial charge on any atom is 0.119 e. The average molecular weight is 218 g/mol. The first-order chi connectivity index (χ1) is 7.50. The van der Waals surface area contributed by atoms with Crippen LogP contribution in [0, 0.1) is 6.92 Å². The van der Waals surface area contributed by atoms with Gasteiger partial charge in [0.15, 0.2) is 0 Å². The summed E-state index contributed by atoms with van der Waals surface area (Å²) in [7, 11) is 0. The number of allylic oxidation sites excluding steroid dienone is 2. The van der Waals surface area contributed by atoms with Crippen LogP contribution in [0.1, 0.15) is 50.7 Å². The van der Waals surface area contributed by atoms with E-state index in [1.54, 1.807) is 0 Å². The highest BCUT2D eigenvalue weighted by Gasteiger charge is 2.09. The highest BCUT2D eigenvalue weighted by Crippen LogP contribution is 2.29. The standard InChI is InChI=1S/C15H22O/c1-11(2)6-5-7-13(4)14-9-8-12(3)10-15(14)16/h6,8-10,13,16H,5,7H2,1-4H3/t13-/m1/s1. The molecule has 0 bridgehead atoms. The average Bonchev–Trinajstić information content (AvgIpc) is 2.16. The number of benzene rings is 1. The second-order valence-electron chi connectivity index (χ2n) is 4.82. The van der Waals surface area contributed by atoms with Crippen molar-refractivity contribution in [3.63, 3.8) is 0 Å². The Kier molecular flexibility index (Phi) is 4.60. The number of rotatable bonds is 4. The lowest BCUT2D eigenvalue weighted by molar-refractivity contribution is 0.460. The minimum Gasteiger partial charge on any atom is -0.508 e. The molecule has 1 N–H and O–H groups in total. The number of hydrogen-bond acceptors (Lipinski definition) is 1. The summed E-state index contributed by atoms with van der Waals surface area (Å²) >= 11 is 0. The molecule has 16 heavy (non-hydrogen) atoms. The molecule has 0 heterocycles. The van der Waals surface area contributed by atoms with Gasteiger partial charge in [0.25, 0.3) is 0 Å². The Morgan fingerprint density at radius 1 is 1.38 bits per heavy atom. The zero-order valence-electron chi connectivity index (χ0n) is 10.7. The molecule has 0 radical (unpaired) electrons. The van der Waals surface area contributed by atoms with Crippen molar-refractivity contribution >= 4 is 0 Å². The number of hydrogen-bond donors (Lipinski definition) is 1. The van der Waals surface area contributed by atoms with Gasteiger partial charge in [-0.05, 0) is 56.7 Å². The Morgan fingerprint density at radius 2 is 2.06 bits per heavy atom. The number of phenols is 1. The molecule has 0 aliphatic carbocycles. The van der Waals surface area contributed by atoms with Gasteiger partial charge in [0.1, 0.15) is 5.75 Å². The molecule has 0 fully saturated rings. The topological polar surface area (TPSA) is 20.2 Å². The van der Waals surface area contributed by atoms with Crippen LogP contribution in [0.5, 0.6) is 5.75 Å². The monoisotopic (exact) mass is 218 g/mol. The first-order valence-corrected chi connectivity index (χ1v) is 5.93. The Hall–Kier alpha value is -1.24. The van der Waals surface area contributed by atoms with Crippen molar-refractivity contribution in [1.29, 1.82) is 0 Å². The van der Waals surface area contributed by atoms with Gasteiger partial charge in [-0.2, -0.15) is 0 Å². The molecule has 0 amide bonds. The van der Waals surface area contributed by atoms with Gasteiger partial charge in [-0.1, -0.05) is 30.7 Å². The largest absolute Gasteiger partial charge is 0.508 e. The van der Waals surface area contributed by atoms with Crippen molar-refractivity contribution < 1.29 is 5.11 Å². The molecule has 1 aromatic rings. The van der Waals surface area contributed by atoms with Crippen LogP contribution in [0.4, 0.5) is 0 Å². The van der Waals surface area contributed by atoms with E-state index in [2.05, 4.69) is 32.9 Å². The minimum absolute atomic E-state index is 0.413. The van der Waals surface area contributed by atoms with E-state index in [9.17, 15) is 5.11 Å². The second kappa shape index (κ2) is 5.74. The van der Waals surface area contributed by atoms with Gasteiger partial charge < -0.3 is 5.11 Å². The number of phenolic OH excluding ortho intramolecular Hbond substituents is 1. The third kappa shape index (κ3) is 3.73. The van der Waals surface area contributed by atoms with Crippen LogP contribution < -0.4 is 0 Å². The van der Waals surface area contributed by atoms with Gasteiger partial charge in [0.2, 0.25) is 0 Å². The van der Waals surface area contributed by atoms with Crippen molar-refractivity contribution in [3.05, 3.63) is 41.0 Å². The predicted molar refractivity (Wildman–Crippen MR) is 69.9 cm³/mol.